The number of aliphatic hydroxyl groups is 2. The van der Waals surface area contributed by atoms with Crippen LogP contribution >= 0.6 is 0 Å². The highest BCUT2D eigenvalue weighted by Gasteiger charge is 2.24. The molecule has 0 aliphatic carbocycles. The third-order valence-electron chi connectivity index (χ3n) is 3.14. The average Bonchev–Trinajstić information content (AvgIpc) is 2.51. The lowest BCUT2D eigenvalue weighted by molar-refractivity contribution is 0.0132. The van der Waals surface area contributed by atoms with Gasteiger partial charge in [-0.3, -0.25) is 0 Å². The van der Waals surface area contributed by atoms with Crippen molar-refractivity contribution in [3.8, 4) is 0 Å². The predicted octanol–water partition coefficient (Wildman–Crippen LogP) is 1.36. The minimum atomic E-state index is -1.40. The number of ether oxygens (including phenoxy) is 2. The number of esters is 1. The number of nitrogens with one attached hydrogen (secondary N) is 1. The molecule has 1 aromatic rings. The monoisotopic (exact) mass is 354 g/mol. The fourth-order valence-corrected chi connectivity index (χ4v) is 1.99. The van der Waals surface area contributed by atoms with Crippen molar-refractivity contribution in [1.29, 1.82) is 0 Å². The van der Waals surface area contributed by atoms with Gasteiger partial charge in [-0.2, -0.15) is 0 Å². The molecule has 0 saturated carbocycles. The zero-order valence-electron chi connectivity index (χ0n) is 14.9. The smallest absolute Gasteiger partial charge is 0.407 e. The standard InChI is InChI=1S/C17H26N2O6/c1-5-24-15(22)10-6-7-12(18)11(8-10)14(21)13(20)9-19-16(23)25-17(2,3)4/h6-8,13-14,20-21H,5,9,18H2,1-4H3,(H,19,23). The van der Waals surface area contributed by atoms with Crippen molar-refractivity contribution >= 4 is 17.7 Å². The average molecular weight is 354 g/mol. The molecule has 0 aromatic heterocycles. The summed E-state index contributed by atoms with van der Waals surface area (Å²) in [5.74, 6) is -0.558. The van der Waals surface area contributed by atoms with Crippen LogP contribution in [0.2, 0.25) is 0 Å². The summed E-state index contributed by atoms with van der Waals surface area (Å²) in [6.45, 7) is 6.76. The number of carbonyl (C=O) groups is 2. The molecule has 1 amide bonds. The Kier molecular flexibility index (Phi) is 7.20. The van der Waals surface area contributed by atoms with Gasteiger partial charge in [-0.25, -0.2) is 9.59 Å². The van der Waals surface area contributed by atoms with Crippen LogP contribution in [-0.2, 0) is 9.47 Å². The van der Waals surface area contributed by atoms with Crippen molar-refractivity contribution in [3.63, 3.8) is 0 Å². The van der Waals surface area contributed by atoms with E-state index < -0.39 is 29.9 Å². The second-order valence-corrected chi connectivity index (χ2v) is 6.46. The van der Waals surface area contributed by atoms with Gasteiger partial charge in [-0.1, -0.05) is 0 Å². The normalized spacial score (nSPS) is 13.7. The number of nitrogens with two attached hydrogens (primary N) is 1. The molecule has 0 bridgehead atoms. The molecule has 0 spiro atoms. The molecule has 2 unspecified atom stereocenters. The van der Waals surface area contributed by atoms with Gasteiger partial charge >= 0.3 is 12.1 Å². The van der Waals surface area contributed by atoms with Crippen LogP contribution in [0, 0.1) is 0 Å². The van der Waals surface area contributed by atoms with Crippen LogP contribution in [-0.4, -0.2) is 47.1 Å². The molecule has 25 heavy (non-hydrogen) atoms. The number of amides is 1. The van der Waals surface area contributed by atoms with E-state index in [0.29, 0.717) is 0 Å². The fourth-order valence-electron chi connectivity index (χ4n) is 1.99. The van der Waals surface area contributed by atoms with Crippen molar-refractivity contribution < 1.29 is 29.3 Å². The van der Waals surface area contributed by atoms with Crippen LogP contribution < -0.4 is 11.1 Å². The molecule has 0 aliphatic heterocycles. The molecule has 0 aliphatic rings. The summed E-state index contributed by atoms with van der Waals surface area (Å²) in [4.78, 5) is 23.4. The van der Waals surface area contributed by atoms with Gasteiger partial charge < -0.3 is 30.7 Å². The van der Waals surface area contributed by atoms with Crippen molar-refractivity contribution in [2.45, 2.75) is 45.5 Å². The van der Waals surface area contributed by atoms with Crippen molar-refractivity contribution in [2.24, 2.45) is 0 Å². The van der Waals surface area contributed by atoms with Crippen LogP contribution in [0.1, 0.15) is 49.7 Å². The first-order valence-electron chi connectivity index (χ1n) is 7.94. The summed E-state index contributed by atoms with van der Waals surface area (Å²) in [7, 11) is 0. The maximum Gasteiger partial charge on any atom is 0.407 e. The Morgan fingerprint density at radius 1 is 1.28 bits per heavy atom. The molecule has 0 fully saturated rings. The van der Waals surface area contributed by atoms with Gasteiger partial charge in [-0.05, 0) is 45.9 Å². The Morgan fingerprint density at radius 3 is 2.48 bits per heavy atom. The van der Waals surface area contributed by atoms with Crippen LogP contribution in [0.15, 0.2) is 18.2 Å². The van der Waals surface area contributed by atoms with Crippen molar-refractivity contribution in [1.82, 2.24) is 5.32 Å². The number of anilines is 1. The first-order chi connectivity index (χ1) is 11.5. The highest BCUT2D eigenvalue weighted by Crippen LogP contribution is 2.25. The SMILES string of the molecule is CCOC(=O)c1ccc(N)c(C(O)C(O)CNC(=O)OC(C)(C)C)c1. The Balaban J connectivity index is 2.77. The van der Waals surface area contributed by atoms with E-state index in [1.54, 1.807) is 27.7 Å². The topological polar surface area (TPSA) is 131 Å². The fraction of sp³-hybridized carbons (Fsp3) is 0.529. The molecule has 1 aromatic carbocycles. The quantitative estimate of drug-likeness (QED) is 0.448. The first-order valence-corrected chi connectivity index (χ1v) is 7.94. The molecule has 0 saturated heterocycles. The third-order valence-corrected chi connectivity index (χ3v) is 3.14. The number of carbonyl (C=O) groups excluding carboxylic acids is 2. The number of benzene rings is 1. The van der Waals surface area contributed by atoms with Crippen LogP contribution in [0.25, 0.3) is 0 Å². The second kappa shape index (κ2) is 8.68. The lowest BCUT2D eigenvalue weighted by Crippen LogP contribution is -2.39. The molecule has 8 heteroatoms. The van der Waals surface area contributed by atoms with E-state index in [1.165, 1.54) is 18.2 Å². The summed E-state index contributed by atoms with van der Waals surface area (Å²) < 4.78 is 9.94. The summed E-state index contributed by atoms with van der Waals surface area (Å²) in [5.41, 5.74) is 5.71. The molecule has 1 rings (SSSR count). The minimum absolute atomic E-state index is 0.170. The van der Waals surface area contributed by atoms with Gasteiger partial charge in [0.05, 0.1) is 12.2 Å². The largest absolute Gasteiger partial charge is 0.462 e. The van der Waals surface area contributed by atoms with Crippen molar-refractivity contribution in [2.75, 3.05) is 18.9 Å². The lowest BCUT2D eigenvalue weighted by atomic mass is 10.00. The Hall–Kier alpha value is -2.32. The van der Waals surface area contributed by atoms with Gasteiger partial charge in [-0.15, -0.1) is 0 Å². The van der Waals surface area contributed by atoms with E-state index in [4.69, 9.17) is 15.2 Å². The van der Waals surface area contributed by atoms with E-state index in [2.05, 4.69) is 5.32 Å². The third kappa shape index (κ3) is 6.60. The van der Waals surface area contributed by atoms with Gasteiger partial charge in [0.15, 0.2) is 0 Å². The summed E-state index contributed by atoms with van der Waals surface area (Å²) in [6, 6.07) is 4.27. The molecule has 5 N–H and O–H groups in total. The molecule has 8 nitrogen and oxygen atoms in total. The minimum Gasteiger partial charge on any atom is -0.462 e. The zero-order valence-corrected chi connectivity index (χ0v) is 14.9. The second-order valence-electron chi connectivity index (χ2n) is 6.46. The predicted molar refractivity (Wildman–Crippen MR) is 92.0 cm³/mol. The van der Waals surface area contributed by atoms with E-state index >= 15 is 0 Å². The number of aliphatic hydroxyl groups excluding tert-OH is 2. The van der Waals surface area contributed by atoms with E-state index in [9.17, 15) is 19.8 Å². The summed E-state index contributed by atoms with van der Waals surface area (Å²) >= 11 is 0. The number of nitrogen functional groups attached to an aromatic ring is 1. The molecular formula is C17H26N2O6. The van der Waals surface area contributed by atoms with E-state index in [1.807, 2.05) is 0 Å². The highest BCUT2D eigenvalue weighted by atomic mass is 16.6. The van der Waals surface area contributed by atoms with Crippen LogP contribution in [0.3, 0.4) is 0 Å². The number of hydrogen-bond acceptors (Lipinski definition) is 7. The van der Waals surface area contributed by atoms with Gasteiger partial charge in [0, 0.05) is 17.8 Å². The van der Waals surface area contributed by atoms with E-state index in [-0.39, 0.29) is 30.0 Å². The van der Waals surface area contributed by atoms with E-state index in [0.717, 1.165) is 0 Å². The van der Waals surface area contributed by atoms with Crippen LogP contribution in [0.5, 0.6) is 0 Å². The van der Waals surface area contributed by atoms with Crippen LogP contribution in [0.4, 0.5) is 10.5 Å². The first kappa shape index (κ1) is 20.7. The van der Waals surface area contributed by atoms with Gasteiger partial charge in [0.1, 0.15) is 17.8 Å². The highest BCUT2D eigenvalue weighted by molar-refractivity contribution is 5.90. The number of rotatable bonds is 6. The molecule has 2 atom stereocenters. The number of hydrogen-bond donors (Lipinski definition) is 4. The van der Waals surface area contributed by atoms with Crippen molar-refractivity contribution in [3.05, 3.63) is 29.3 Å². The maximum absolute atomic E-state index is 11.8. The number of alkyl carbamates (subject to hydrolysis) is 1. The Labute approximate surface area is 146 Å². The Morgan fingerprint density at radius 2 is 1.92 bits per heavy atom. The maximum atomic E-state index is 11.8. The summed E-state index contributed by atoms with van der Waals surface area (Å²) in [5, 5.41) is 22.7. The summed E-state index contributed by atoms with van der Waals surface area (Å²) in [6.07, 6.45) is -3.46. The van der Waals surface area contributed by atoms with Gasteiger partial charge in [0.2, 0.25) is 0 Å². The molecule has 0 radical (unpaired) electrons. The lowest BCUT2D eigenvalue weighted by Gasteiger charge is -2.23. The van der Waals surface area contributed by atoms with Gasteiger partial charge in [0.25, 0.3) is 0 Å². The molecular weight excluding hydrogens is 328 g/mol. The molecule has 0 heterocycles. The Bertz CT molecular complexity index is 612. The zero-order chi connectivity index (χ0) is 19.2. The molecule has 140 valence electrons.